The summed E-state index contributed by atoms with van der Waals surface area (Å²) < 4.78 is 1.06. The Morgan fingerprint density at radius 2 is 2.12 bits per heavy atom. The van der Waals surface area contributed by atoms with Crippen LogP contribution in [0.1, 0.15) is 22.0 Å². The number of hydrogen-bond acceptors (Lipinski definition) is 2. The van der Waals surface area contributed by atoms with Gasteiger partial charge in [0.05, 0.1) is 6.04 Å². The van der Waals surface area contributed by atoms with E-state index in [0.717, 1.165) is 25.5 Å². The van der Waals surface area contributed by atoms with E-state index in [-0.39, 0.29) is 6.04 Å². The topological polar surface area (TPSA) is 26.0 Å². The Morgan fingerprint density at radius 1 is 1.38 bits per heavy atom. The first kappa shape index (κ1) is 12.1. The SMILES string of the molecule is Cc1ccc(C(N)c2sccc2Br)cc1Cl. The maximum atomic E-state index is 6.20. The zero-order valence-electron chi connectivity index (χ0n) is 8.71. The molecule has 1 unspecified atom stereocenters. The average Bonchev–Trinajstić information content (AvgIpc) is 2.67. The van der Waals surface area contributed by atoms with Crippen molar-refractivity contribution in [1.29, 1.82) is 0 Å². The van der Waals surface area contributed by atoms with E-state index in [4.69, 9.17) is 17.3 Å². The second kappa shape index (κ2) is 4.88. The van der Waals surface area contributed by atoms with E-state index in [9.17, 15) is 0 Å². The van der Waals surface area contributed by atoms with Crippen LogP contribution < -0.4 is 5.73 Å². The van der Waals surface area contributed by atoms with Crippen molar-refractivity contribution in [2.45, 2.75) is 13.0 Å². The zero-order valence-corrected chi connectivity index (χ0v) is 11.9. The highest BCUT2D eigenvalue weighted by Gasteiger charge is 2.14. The van der Waals surface area contributed by atoms with Gasteiger partial charge < -0.3 is 5.73 Å². The van der Waals surface area contributed by atoms with Crippen LogP contribution >= 0.6 is 38.9 Å². The molecule has 1 atom stereocenters. The fourth-order valence-electron chi connectivity index (χ4n) is 1.48. The minimum atomic E-state index is -0.118. The summed E-state index contributed by atoms with van der Waals surface area (Å²) in [6, 6.07) is 7.85. The summed E-state index contributed by atoms with van der Waals surface area (Å²) in [5.74, 6) is 0. The molecule has 0 radical (unpaired) electrons. The molecule has 0 saturated carbocycles. The Balaban J connectivity index is 2.38. The van der Waals surface area contributed by atoms with Crippen LogP contribution in [0.2, 0.25) is 5.02 Å². The molecule has 4 heteroatoms. The van der Waals surface area contributed by atoms with Crippen molar-refractivity contribution in [1.82, 2.24) is 0 Å². The van der Waals surface area contributed by atoms with E-state index in [1.807, 2.05) is 36.6 Å². The summed E-state index contributed by atoms with van der Waals surface area (Å²) in [4.78, 5) is 1.12. The Hall–Kier alpha value is -0.350. The van der Waals surface area contributed by atoms with Crippen molar-refractivity contribution in [3.63, 3.8) is 0 Å². The molecule has 2 aromatic rings. The van der Waals surface area contributed by atoms with Gasteiger partial charge in [0.25, 0.3) is 0 Å². The molecule has 0 saturated heterocycles. The largest absolute Gasteiger partial charge is 0.320 e. The average molecular weight is 317 g/mol. The lowest BCUT2D eigenvalue weighted by Crippen LogP contribution is -2.10. The Kier molecular flexibility index (Phi) is 3.70. The summed E-state index contributed by atoms with van der Waals surface area (Å²) in [7, 11) is 0. The van der Waals surface area contributed by atoms with Crippen molar-refractivity contribution in [3.8, 4) is 0 Å². The molecule has 1 heterocycles. The maximum Gasteiger partial charge on any atom is 0.0657 e. The molecule has 0 aliphatic heterocycles. The lowest BCUT2D eigenvalue weighted by Gasteiger charge is -2.12. The summed E-state index contributed by atoms with van der Waals surface area (Å²) in [6.07, 6.45) is 0. The summed E-state index contributed by atoms with van der Waals surface area (Å²) >= 11 is 11.2. The fraction of sp³-hybridized carbons (Fsp3) is 0.167. The number of aryl methyl sites for hydroxylation is 1. The summed E-state index contributed by atoms with van der Waals surface area (Å²) in [5, 5.41) is 2.79. The molecule has 0 spiro atoms. The highest BCUT2D eigenvalue weighted by atomic mass is 79.9. The van der Waals surface area contributed by atoms with Crippen LogP contribution in [0.25, 0.3) is 0 Å². The van der Waals surface area contributed by atoms with Gasteiger partial charge in [0, 0.05) is 14.4 Å². The number of hydrogen-bond donors (Lipinski definition) is 1. The van der Waals surface area contributed by atoms with Crippen LogP contribution in [0.15, 0.2) is 34.1 Å². The molecule has 0 aliphatic carbocycles. The second-order valence-electron chi connectivity index (χ2n) is 3.62. The molecular weight excluding hydrogens is 306 g/mol. The lowest BCUT2D eigenvalue weighted by atomic mass is 10.0. The molecule has 1 aromatic carbocycles. The van der Waals surface area contributed by atoms with Gasteiger partial charge in [-0.15, -0.1) is 11.3 Å². The van der Waals surface area contributed by atoms with E-state index < -0.39 is 0 Å². The first-order chi connectivity index (χ1) is 7.59. The first-order valence-electron chi connectivity index (χ1n) is 4.84. The van der Waals surface area contributed by atoms with Crippen LogP contribution in [0.4, 0.5) is 0 Å². The number of nitrogens with two attached hydrogens (primary N) is 1. The summed E-state index contributed by atoms with van der Waals surface area (Å²) in [6.45, 7) is 1.98. The van der Waals surface area contributed by atoms with Gasteiger partial charge in [0.2, 0.25) is 0 Å². The molecule has 84 valence electrons. The zero-order chi connectivity index (χ0) is 11.7. The highest BCUT2D eigenvalue weighted by Crippen LogP contribution is 2.32. The molecule has 16 heavy (non-hydrogen) atoms. The molecule has 0 aliphatic rings. The summed E-state index contributed by atoms with van der Waals surface area (Å²) in [5.41, 5.74) is 8.31. The van der Waals surface area contributed by atoms with E-state index in [0.29, 0.717) is 0 Å². The van der Waals surface area contributed by atoms with Gasteiger partial charge in [-0.05, 0) is 51.5 Å². The number of halogens is 2. The Labute approximate surface area is 112 Å². The number of rotatable bonds is 2. The van der Waals surface area contributed by atoms with Gasteiger partial charge >= 0.3 is 0 Å². The van der Waals surface area contributed by atoms with Crippen molar-refractivity contribution in [3.05, 3.63) is 55.1 Å². The Bertz CT molecular complexity index is 509. The standard InChI is InChI=1S/C12H11BrClNS/c1-7-2-3-8(6-10(7)14)11(15)12-9(13)4-5-16-12/h2-6,11H,15H2,1H3. The third-order valence-corrected chi connectivity index (χ3v) is 4.84. The van der Waals surface area contributed by atoms with Crippen molar-refractivity contribution in [2.24, 2.45) is 5.73 Å². The monoisotopic (exact) mass is 315 g/mol. The minimum Gasteiger partial charge on any atom is -0.320 e. The highest BCUT2D eigenvalue weighted by molar-refractivity contribution is 9.10. The van der Waals surface area contributed by atoms with Crippen LogP contribution in [0, 0.1) is 6.92 Å². The third-order valence-electron chi connectivity index (χ3n) is 2.48. The van der Waals surface area contributed by atoms with Crippen molar-refractivity contribution in [2.75, 3.05) is 0 Å². The minimum absolute atomic E-state index is 0.118. The molecule has 1 nitrogen and oxygen atoms in total. The smallest absolute Gasteiger partial charge is 0.0657 e. The quantitative estimate of drug-likeness (QED) is 0.866. The van der Waals surface area contributed by atoms with Crippen LogP contribution in [-0.4, -0.2) is 0 Å². The van der Waals surface area contributed by atoms with Gasteiger partial charge in [-0.3, -0.25) is 0 Å². The molecule has 0 amide bonds. The third kappa shape index (κ3) is 2.33. The Morgan fingerprint density at radius 3 is 2.69 bits per heavy atom. The van der Waals surface area contributed by atoms with E-state index in [1.54, 1.807) is 11.3 Å². The van der Waals surface area contributed by atoms with E-state index in [2.05, 4.69) is 15.9 Å². The lowest BCUT2D eigenvalue weighted by molar-refractivity contribution is 0.888. The van der Waals surface area contributed by atoms with Crippen LogP contribution in [0.5, 0.6) is 0 Å². The van der Waals surface area contributed by atoms with Gasteiger partial charge in [0.15, 0.2) is 0 Å². The van der Waals surface area contributed by atoms with Gasteiger partial charge in [-0.25, -0.2) is 0 Å². The predicted octanol–water partition coefficient (Wildman–Crippen LogP) is 4.52. The fourth-order valence-corrected chi connectivity index (χ4v) is 3.32. The first-order valence-corrected chi connectivity index (χ1v) is 6.89. The van der Waals surface area contributed by atoms with Crippen LogP contribution in [-0.2, 0) is 0 Å². The predicted molar refractivity (Wildman–Crippen MR) is 74.2 cm³/mol. The maximum absolute atomic E-state index is 6.20. The molecule has 0 fully saturated rings. The van der Waals surface area contributed by atoms with E-state index >= 15 is 0 Å². The molecular formula is C12H11BrClNS. The van der Waals surface area contributed by atoms with Crippen molar-refractivity contribution >= 4 is 38.9 Å². The molecule has 1 aromatic heterocycles. The van der Waals surface area contributed by atoms with Gasteiger partial charge in [0.1, 0.15) is 0 Å². The van der Waals surface area contributed by atoms with Crippen LogP contribution in [0.3, 0.4) is 0 Å². The normalized spacial score (nSPS) is 12.8. The molecule has 2 N–H and O–H groups in total. The second-order valence-corrected chi connectivity index (χ2v) is 5.83. The number of benzene rings is 1. The molecule has 2 rings (SSSR count). The van der Waals surface area contributed by atoms with E-state index in [1.165, 1.54) is 0 Å². The van der Waals surface area contributed by atoms with Gasteiger partial charge in [-0.1, -0.05) is 23.7 Å². The van der Waals surface area contributed by atoms with Gasteiger partial charge in [-0.2, -0.15) is 0 Å². The number of thiophene rings is 1. The van der Waals surface area contributed by atoms with Crippen molar-refractivity contribution < 1.29 is 0 Å². The molecule has 0 bridgehead atoms.